The quantitative estimate of drug-likeness (QED) is 0.773. The molecule has 0 aromatic rings. The van der Waals surface area contributed by atoms with E-state index in [1.807, 2.05) is 6.92 Å². The molecular weight excluding hydrogens is 224 g/mol. The van der Waals surface area contributed by atoms with Crippen LogP contribution in [-0.4, -0.2) is 32.8 Å². The van der Waals surface area contributed by atoms with Gasteiger partial charge in [0, 0.05) is 6.04 Å². The van der Waals surface area contributed by atoms with Crippen LogP contribution >= 0.6 is 0 Å². The first-order chi connectivity index (χ1) is 7.59. The van der Waals surface area contributed by atoms with E-state index >= 15 is 0 Å². The molecule has 2 fully saturated rings. The van der Waals surface area contributed by atoms with Crippen LogP contribution in [0.4, 0.5) is 0 Å². The fourth-order valence-corrected chi connectivity index (χ4v) is 4.26. The topological polar surface area (TPSA) is 58.2 Å². The van der Waals surface area contributed by atoms with Crippen molar-refractivity contribution in [2.75, 3.05) is 13.1 Å². The molecule has 2 aliphatic rings. The van der Waals surface area contributed by atoms with Crippen LogP contribution in [0.15, 0.2) is 0 Å². The second kappa shape index (κ2) is 5.02. The molecule has 1 atom stereocenters. The molecule has 1 heterocycles. The Kier molecular flexibility index (Phi) is 3.87. The minimum atomic E-state index is -3.09. The molecule has 4 nitrogen and oxygen atoms in total. The monoisotopic (exact) mass is 246 g/mol. The van der Waals surface area contributed by atoms with Gasteiger partial charge in [-0.1, -0.05) is 6.42 Å². The molecule has 2 N–H and O–H groups in total. The SMILES string of the molecule is CC(NS(=O)(=O)C1CCNCC1)C1CCC1. The number of sulfonamides is 1. The summed E-state index contributed by atoms with van der Waals surface area (Å²) in [7, 11) is -3.09. The lowest BCUT2D eigenvalue weighted by atomic mass is 9.81. The van der Waals surface area contributed by atoms with Gasteiger partial charge >= 0.3 is 0 Å². The third-order valence-corrected chi connectivity index (χ3v) is 5.98. The van der Waals surface area contributed by atoms with E-state index in [1.54, 1.807) is 0 Å². The van der Waals surface area contributed by atoms with Crippen LogP contribution in [0.5, 0.6) is 0 Å². The van der Waals surface area contributed by atoms with Gasteiger partial charge in [0.2, 0.25) is 10.0 Å². The standard InChI is InChI=1S/C11H22N2O2S/c1-9(10-3-2-4-10)13-16(14,15)11-5-7-12-8-6-11/h9-13H,2-8H2,1H3. The Balaban J connectivity index is 1.90. The highest BCUT2D eigenvalue weighted by Gasteiger charge is 2.32. The van der Waals surface area contributed by atoms with E-state index in [0.717, 1.165) is 25.9 Å². The van der Waals surface area contributed by atoms with Gasteiger partial charge in [-0.25, -0.2) is 13.1 Å². The summed E-state index contributed by atoms with van der Waals surface area (Å²) in [4.78, 5) is 0. The van der Waals surface area contributed by atoms with Crippen molar-refractivity contribution in [3.8, 4) is 0 Å². The van der Waals surface area contributed by atoms with E-state index < -0.39 is 10.0 Å². The first kappa shape index (κ1) is 12.3. The van der Waals surface area contributed by atoms with Crippen molar-refractivity contribution in [2.24, 2.45) is 5.92 Å². The van der Waals surface area contributed by atoms with E-state index in [9.17, 15) is 8.42 Å². The van der Waals surface area contributed by atoms with Crippen molar-refractivity contribution < 1.29 is 8.42 Å². The smallest absolute Gasteiger partial charge is 0.214 e. The molecule has 1 saturated heterocycles. The Labute approximate surface area is 98.2 Å². The Morgan fingerprint density at radius 3 is 2.31 bits per heavy atom. The van der Waals surface area contributed by atoms with Crippen molar-refractivity contribution in [3.05, 3.63) is 0 Å². The third kappa shape index (κ3) is 2.76. The van der Waals surface area contributed by atoms with Crippen molar-refractivity contribution in [1.82, 2.24) is 10.0 Å². The Morgan fingerprint density at radius 1 is 1.19 bits per heavy atom. The highest BCUT2D eigenvalue weighted by Crippen LogP contribution is 2.30. The normalized spacial score (nSPS) is 26.3. The van der Waals surface area contributed by atoms with Gasteiger partial charge in [0.05, 0.1) is 5.25 Å². The Morgan fingerprint density at radius 2 is 1.81 bits per heavy atom. The molecule has 1 saturated carbocycles. The number of nitrogens with one attached hydrogen (secondary N) is 2. The second-order valence-corrected chi connectivity index (χ2v) is 7.08. The highest BCUT2D eigenvalue weighted by atomic mass is 32.2. The van der Waals surface area contributed by atoms with E-state index in [2.05, 4.69) is 10.0 Å². The van der Waals surface area contributed by atoms with E-state index in [1.165, 1.54) is 19.3 Å². The first-order valence-corrected chi connectivity index (χ1v) is 7.86. The zero-order valence-electron chi connectivity index (χ0n) is 9.91. The summed E-state index contributed by atoms with van der Waals surface area (Å²) < 4.78 is 27.1. The zero-order valence-corrected chi connectivity index (χ0v) is 10.7. The lowest BCUT2D eigenvalue weighted by Crippen LogP contribution is -2.47. The maximum Gasteiger partial charge on any atom is 0.214 e. The Hall–Kier alpha value is -0.130. The van der Waals surface area contributed by atoms with Gasteiger partial charge in [-0.2, -0.15) is 0 Å². The van der Waals surface area contributed by atoms with E-state index in [-0.39, 0.29) is 11.3 Å². The third-order valence-electron chi connectivity index (χ3n) is 3.93. The maximum absolute atomic E-state index is 12.1. The minimum absolute atomic E-state index is 0.119. The molecule has 0 aromatic heterocycles. The summed E-state index contributed by atoms with van der Waals surface area (Å²) in [6.07, 6.45) is 5.09. The first-order valence-electron chi connectivity index (χ1n) is 6.31. The fourth-order valence-electron chi connectivity index (χ4n) is 2.50. The van der Waals surface area contributed by atoms with Gasteiger partial charge in [-0.15, -0.1) is 0 Å². The molecule has 1 aliphatic carbocycles. The summed E-state index contributed by atoms with van der Waals surface area (Å²) in [6.45, 7) is 3.65. The molecule has 16 heavy (non-hydrogen) atoms. The average Bonchev–Trinajstić information content (AvgIpc) is 2.15. The maximum atomic E-state index is 12.1. The van der Waals surface area contributed by atoms with Crippen LogP contribution in [0.3, 0.4) is 0 Å². The predicted molar refractivity (Wildman–Crippen MR) is 64.8 cm³/mol. The average molecular weight is 246 g/mol. The van der Waals surface area contributed by atoms with Crippen LogP contribution in [0.2, 0.25) is 0 Å². The van der Waals surface area contributed by atoms with Crippen molar-refractivity contribution in [2.45, 2.75) is 50.3 Å². The van der Waals surface area contributed by atoms with Crippen molar-refractivity contribution in [1.29, 1.82) is 0 Å². The summed E-state index contributed by atoms with van der Waals surface area (Å²) in [5.74, 6) is 0.566. The van der Waals surface area contributed by atoms with Crippen molar-refractivity contribution in [3.63, 3.8) is 0 Å². The predicted octanol–water partition coefficient (Wildman–Crippen LogP) is 0.846. The zero-order chi connectivity index (χ0) is 11.6. The van der Waals surface area contributed by atoms with Crippen LogP contribution in [-0.2, 0) is 10.0 Å². The van der Waals surface area contributed by atoms with Crippen LogP contribution < -0.4 is 10.0 Å². The molecule has 0 bridgehead atoms. The van der Waals surface area contributed by atoms with Crippen LogP contribution in [0.25, 0.3) is 0 Å². The molecule has 1 aliphatic heterocycles. The largest absolute Gasteiger partial charge is 0.317 e. The minimum Gasteiger partial charge on any atom is -0.317 e. The summed E-state index contributed by atoms with van der Waals surface area (Å²) in [5.41, 5.74) is 0. The van der Waals surface area contributed by atoms with E-state index in [0.29, 0.717) is 5.92 Å². The lowest BCUT2D eigenvalue weighted by Gasteiger charge is -2.33. The van der Waals surface area contributed by atoms with Gasteiger partial charge in [0.15, 0.2) is 0 Å². The molecule has 94 valence electrons. The fraction of sp³-hybridized carbons (Fsp3) is 1.00. The van der Waals surface area contributed by atoms with Gasteiger partial charge in [-0.05, 0) is 51.6 Å². The second-order valence-electron chi connectivity index (χ2n) is 5.09. The number of hydrogen-bond acceptors (Lipinski definition) is 3. The summed E-state index contributed by atoms with van der Waals surface area (Å²) >= 11 is 0. The van der Waals surface area contributed by atoms with E-state index in [4.69, 9.17) is 0 Å². The number of piperidine rings is 1. The molecule has 0 amide bonds. The highest BCUT2D eigenvalue weighted by molar-refractivity contribution is 7.90. The number of rotatable bonds is 4. The van der Waals surface area contributed by atoms with Gasteiger partial charge in [0.25, 0.3) is 0 Å². The van der Waals surface area contributed by atoms with Crippen molar-refractivity contribution >= 4 is 10.0 Å². The molecular formula is C11H22N2O2S. The van der Waals surface area contributed by atoms with Crippen LogP contribution in [0.1, 0.15) is 39.0 Å². The molecule has 0 radical (unpaired) electrons. The lowest BCUT2D eigenvalue weighted by molar-refractivity contribution is 0.259. The van der Waals surface area contributed by atoms with Gasteiger partial charge in [-0.3, -0.25) is 0 Å². The number of hydrogen-bond donors (Lipinski definition) is 2. The molecule has 0 spiro atoms. The summed E-state index contributed by atoms with van der Waals surface area (Å²) in [6, 6.07) is 0.119. The molecule has 5 heteroatoms. The van der Waals surface area contributed by atoms with Gasteiger partial charge < -0.3 is 5.32 Å². The summed E-state index contributed by atoms with van der Waals surface area (Å²) in [5, 5.41) is 3.01. The molecule has 2 rings (SSSR count). The molecule has 0 aromatic carbocycles. The molecule has 1 unspecified atom stereocenters. The van der Waals surface area contributed by atoms with Gasteiger partial charge in [0.1, 0.15) is 0 Å². The Bertz CT molecular complexity index is 319. The van der Waals surface area contributed by atoms with Crippen LogP contribution in [0, 0.1) is 5.92 Å².